The highest BCUT2D eigenvalue weighted by Crippen LogP contribution is 2.25. The fraction of sp³-hybridized carbons (Fsp3) is 0.259. The molecule has 0 atom stereocenters. The summed E-state index contributed by atoms with van der Waals surface area (Å²) in [7, 11) is -3.51. The van der Waals surface area contributed by atoms with Gasteiger partial charge in [0.25, 0.3) is 11.8 Å². The van der Waals surface area contributed by atoms with Crippen LogP contribution in [0.4, 0.5) is 5.69 Å². The molecule has 3 aromatic rings. The number of hydrogen-bond acceptors (Lipinski definition) is 4. The number of carbonyl (C=O) groups excluding carboxylic acids is 2. The summed E-state index contributed by atoms with van der Waals surface area (Å²) in [5.41, 5.74) is 3.85. The lowest BCUT2D eigenvalue weighted by molar-refractivity contribution is 0.0734. The standard InChI is InChI=1S/C27H27N3O4S/c31-26(21-9-12-25(13-10-21)35(33,34)30-15-4-5-16-30)28-24-11-8-20-14-17-29(19-23(20)18-24)27(32)22-6-2-1-3-7-22/h1-3,6-13,18H,4-5,14-17,19H2,(H,28,31). The molecule has 1 saturated heterocycles. The quantitative estimate of drug-likeness (QED) is 0.589. The monoisotopic (exact) mass is 489 g/mol. The molecule has 2 aliphatic rings. The maximum Gasteiger partial charge on any atom is 0.255 e. The van der Waals surface area contributed by atoms with Crippen LogP contribution in [0.2, 0.25) is 0 Å². The van der Waals surface area contributed by atoms with Crippen molar-refractivity contribution in [3.05, 3.63) is 95.1 Å². The summed E-state index contributed by atoms with van der Waals surface area (Å²) >= 11 is 0. The van der Waals surface area contributed by atoms with Crippen LogP contribution in [0, 0.1) is 0 Å². The third-order valence-corrected chi connectivity index (χ3v) is 8.52. The minimum atomic E-state index is -3.51. The van der Waals surface area contributed by atoms with Crippen LogP contribution in [-0.4, -0.2) is 49.1 Å². The lowest BCUT2D eigenvalue weighted by atomic mass is 9.98. The second-order valence-corrected chi connectivity index (χ2v) is 10.9. The van der Waals surface area contributed by atoms with Crippen molar-refractivity contribution in [3.63, 3.8) is 0 Å². The Bertz CT molecular complexity index is 1350. The molecule has 180 valence electrons. The minimum absolute atomic E-state index is 0.00494. The molecule has 2 aliphatic heterocycles. The van der Waals surface area contributed by atoms with Crippen LogP contribution >= 0.6 is 0 Å². The SMILES string of the molecule is O=C(Nc1ccc2c(c1)CN(C(=O)c1ccccc1)CC2)c1ccc(S(=O)(=O)N2CCCC2)cc1. The predicted octanol–water partition coefficient (Wildman–Crippen LogP) is 3.92. The van der Waals surface area contributed by atoms with E-state index in [1.165, 1.54) is 28.6 Å². The Morgan fingerprint density at radius 3 is 2.20 bits per heavy atom. The van der Waals surface area contributed by atoms with Gasteiger partial charge in [0.05, 0.1) is 4.90 Å². The Morgan fingerprint density at radius 1 is 0.771 bits per heavy atom. The Balaban J connectivity index is 1.27. The highest BCUT2D eigenvalue weighted by molar-refractivity contribution is 7.89. The summed E-state index contributed by atoms with van der Waals surface area (Å²) < 4.78 is 26.9. The van der Waals surface area contributed by atoms with Crippen molar-refractivity contribution >= 4 is 27.5 Å². The highest BCUT2D eigenvalue weighted by Gasteiger charge is 2.27. The van der Waals surface area contributed by atoms with E-state index in [2.05, 4.69) is 5.32 Å². The smallest absolute Gasteiger partial charge is 0.255 e. The van der Waals surface area contributed by atoms with Crippen molar-refractivity contribution in [2.45, 2.75) is 30.7 Å². The van der Waals surface area contributed by atoms with Gasteiger partial charge >= 0.3 is 0 Å². The second-order valence-electron chi connectivity index (χ2n) is 8.92. The summed E-state index contributed by atoms with van der Waals surface area (Å²) in [4.78, 5) is 27.7. The van der Waals surface area contributed by atoms with Gasteiger partial charge in [-0.1, -0.05) is 24.3 Å². The number of benzene rings is 3. The van der Waals surface area contributed by atoms with Crippen LogP contribution in [0.25, 0.3) is 0 Å². The third-order valence-electron chi connectivity index (χ3n) is 6.60. The van der Waals surface area contributed by atoms with Gasteiger partial charge in [-0.25, -0.2) is 8.42 Å². The normalized spacial score (nSPS) is 16.1. The van der Waals surface area contributed by atoms with Gasteiger partial charge in [-0.3, -0.25) is 9.59 Å². The van der Waals surface area contributed by atoms with E-state index in [9.17, 15) is 18.0 Å². The van der Waals surface area contributed by atoms with Crippen molar-refractivity contribution in [2.75, 3.05) is 25.0 Å². The lowest BCUT2D eigenvalue weighted by Gasteiger charge is -2.29. The van der Waals surface area contributed by atoms with Gasteiger partial charge in [-0.15, -0.1) is 0 Å². The molecule has 0 spiro atoms. The molecule has 35 heavy (non-hydrogen) atoms. The summed E-state index contributed by atoms with van der Waals surface area (Å²) in [6.45, 7) is 2.21. The summed E-state index contributed by atoms with van der Waals surface area (Å²) in [6.07, 6.45) is 2.51. The van der Waals surface area contributed by atoms with Gasteiger partial charge in [0, 0.05) is 43.0 Å². The summed E-state index contributed by atoms with van der Waals surface area (Å²) in [6, 6.07) is 21.0. The van der Waals surface area contributed by atoms with E-state index in [4.69, 9.17) is 0 Å². The molecule has 2 amide bonds. The van der Waals surface area contributed by atoms with Crippen LogP contribution in [0.3, 0.4) is 0 Å². The highest BCUT2D eigenvalue weighted by atomic mass is 32.2. The fourth-order valence-electron chi connectivity index (χ4n) is 4.63. The summed E-state index contributed by atoms with van der Waals surface area (Å²) in [5.74, 6) is -0.322. The van der Waals surface area contributed by atoms with Crippen LogP contribution in [0.5, 0.6) is 0 Å². The van der Waals surface area contributed by atoms with Gasteiger partial charge < -0.3 is 10.2 Å². The number of amides is 2. The number of carbonyl (C=O) groups is 2. The fourth-order valence-corrected chi connectivity index (χ4v) is 6.15. The van der Waals surface area contributed by atoms with E-state index in [0.29, 0.717) is 43.0 Å². The van der Waals surface area contributed by atoms with Crippen LogP contribution in [0.15, 0.2) is 77.7 Å². The number of fused-ring (bicyclic) bond motifs is 1. The predicted molar refractivity (Wildman–Crippen MR) is 134 cm³/mol. The zero-order valence-electron chi connectivity index (χ0n) is 19.3. The van der Waals surface area contributed by atoms with Gasteiger partial charge in [0.15, 0.2) is 0 Å². The number of nitrogens with one attached hydrogen (secondary N) is 1. The molecule has 0 radical (unpaired) electrons. The Labute approximate surface area is 205 Å². The molecule has 0 unspecified atom stereocenters. The van der Waals surface area contributed by atoms with Gasteiger partial charge in [-0.05, 0) is 78.9 Å². The minimum Gasteiger partial charge on any atom is -0.334 e. The first-order valence-electron chi connectivity index (χ1n) is 11.8. The van der Waals surface area contributed by atoms with Crippen molar-refractivity contribution in [2.24, 2.45) is 0 Å². The van der Waals surface area contributed by atoms with Gasteiger partial charge in [0.1, 0.15) is 0 Å². The van der Waals surface area contributed by atoms with Crippen LogP contribution in [-0.2, 0) is 23.0 Å². The van der Waals surface area contributed by atoms with E-state index in [1.54, 1.807) is 0 Å². The number of anilines is 1. The molecule has 1 N–H and O–H groups in total. The topological polar surface area (TPSA) is 86.8 Å². The van der Waals surface area contributed by atoms with Gasteiger partial charge in [-0.2, -0.15) is 4.31 Å². The average Bonchev–Trinajstić information content (AvgIpc) is 3.45. The van der Waals surface area contributed by atoms with E-state index in [0.717, 1.165) is 30.4 Å². The van der Waals surface area contributed by atoms with Gasteiger partial charge in [0.2, 0.25) is 10.0 Å². The molecule has 2 heterocycles. The van der Waals surface area contributed by atoms with Crippen LogP contribution < -0.4 is 5.32 Å². The average molecular weight is 490 g/mol. The molecule has 3 aromatic carbocycles. The van der Waals surface area contributed by atoms with E-state index < -0.39 is 10.0 Å². The first-order valence-corrected chi connectivity index (χ1v) is 13.2. The zero-order valence-corrected chi connectivity index (χ0v) is 20.1. The number of sulfonamides is 1. The molecule has 5 rings (SSSR count). The summed E-state index contributed by atoms with van der Waals surface area (Å²) in [5, 5.41) is 2.90. The number of nitrogens with zero attached hydrogens (tertiary/aromatic N) is 2. The van der Waals surface area contributed by atoms with E-state index in [1.807, 2.05) is 53.4 Å². The second kappa shape index (κ2) is 9.64. The Kier molecular flexibility index (Phi) is 6.40. The van der Waals surface area contributed by atoms with E-state index in [-0.39, 0.29) is 16.7 Å². The van der Waals surface area contributed by atoms with E-state index >= 15 is 0 Å². The molecular formula is C27H27N3O4S. The maximum atomic E-state index is 12.8. The molecule has 7 nitrogen and oxygen atoms in total. The lowest BCUT2D eigenvalue weighted by Crippen LogP contribution is -2.36. The Hall–Kier alpha value is -3.49. The molecule has 0 saturated carbocycles. The van der Waals surface area contributed by atoms with Crippen LogP contribution in [0.1, 0.15) is 44.7 Å². The largest absolute Gasteiger partial charge is 0.334 e. The molecule has 1 fully saturated rings. The molecule has 0 aliphatic carbocycles. The van der Waals surface area contributed by atoms with Crippen molar-refractivity contribution < 1.29 is 18.0 Å². The maximum absolute atomic E-state index is 12.8. The van der Waals surface area contributed by atoms with Crippen molar-refractivity contribution in [1.82, 2.24) is 9.21 Å². The first-order chi connectivity index (χ1) is 16.9. The van der Waals surface area contributed by atoms with Crippen molar-refractivity contribution in [1.29, 1.82) is 0 Å². The Morgan fingerprint density at radius 2 is 1.49 bits per heavy atom. The molecule has 0 bridgehead atoms. The number of rotatable bonds is 5. The molecule has 0 aromatic heterocycles. The zero-order chi connectivity index (χ0) is 24.4. The van der Waals surface area contributed by atoms with Crippen molar-refractivity contribution in [3.8, 4) is 0 Å². The molecule has 8 heteroatoms. The number of hydrogen-bond donors (Lipinski definition) is 1. The molecular weight excluding hydrogens is 462 g/mol. The third kappa shape index (κ3) is 4.85. The first kappa shape index (κ1) is 23.3.